The van der Waals surface area contributed by atoms with E-state index >= 15 is 0 Å². The van der Waals surface area contributed by atoms with E-state index in [2.05, 4.69) is 0 Å². The fraction of sp³-hybridized carbons (Fsp3) is 1.00. The highest BCUT2D eigenvalue weighted by Gasteiger charge is 2.27. The van der Waals surface area contributed by atoms with Crippen LogP contribution in [-0.2, 0) is 0 Å². The van der Waals surface area contributed by atoms with Crippen molar-refractivity contribution in [3.63, 3.8) is 0 Å². The van der Waals surface area contributed by atoms with Gasteiger partial charge >= 0.3 is 0 Å². The van der Waals surface area contributed by atoms with E-state index in [4.69, 9.17) is 0 Å². The predicted molar refractivity (Wildman–Crippen MR) is 34.7 cm³/mol. The van der Waals surface area contributed by atoms with E-state index in [9.17, 15) is 8.78 Å². The lowest BCUT2D eigenvalue weighted by Crippen LogP contribution is -2.20. The molecule has 0 radical (unpaired) electrons. The van der Waals surface area contributed by atoms with Gasteiger partial charge in [0, 0.05) is 5.41 Å². The molecule has 0 aromatic rings. The van der Waals surface area contributed by atoms with E-state index in [0.717, 1.165) is 6.42 Å². The Morgan fingerprint density at radius 2 is 1.78 bits per heavy atom. The molecule has 0 aromatic carbocycles. The summed E-state index contributed by atoms with van der Waals surface area (Å²) in [6.07, 6.45) is -0.750. The summed E-state index contributed by atoms with van der Waals surface area (Å²) < 4.78 is 24.0. The van der Waals surface area contributed by atoms with Crippen LogP contribution in [0.4, 0.5) is 8.78 Å². The van der Waals surface area contributed by atoms with Gasteiger partial charge in [-0.05, 0) is 6.42 Å². The van der Waals surface area contributed by atoms with E-state index < -0.39 is 11.8 Å². The SMILES string of the molecule is CCCC(C)(C)C(F)F. The van der Waals surface area contributed by atoms with Gasteiger partial charge in [-0.25, -0.2) is 8.78 Å². The van der Waals surface area contributed by atoms with E-state index in [1.54, 1.807) is 13.8 Å². The molecule has 0 bridgehead atoms. The van der Waals surface area contributed by atoms with Crippen LogP contribution in [0.1, 0.15) is 33.6 Å². The van der Waals surface area contributed by atoms with E-state index in [0.29, 0.717) is 6.42 Å². The number of alkyl halides is 2. The summed E-state index contributed by atoms with van der Waals surface area (Å²) in [4.78, 5) is 0. The Balaban J connectivity index is 3.70. The van der Waals surface area contributed by atoms with Gasteiger partial charge in [0.1, 0.15) is 0 Å². The molecule has 0 N–H and O–H groups in total. The number of hydrogen-bond acceptors (Lipinski definition) is 0. The lowest BCUT2D eigenvalue weighted by atomic mass is 9.89. The fourth-order valence-corrected chi connectivity index (χ4v) is 0.753. The summed E-state index contributed by atoms with van der Waals surface area (Å²) in [7, 11) is 0. The van der Waals surface area contributed by atoms with Crippen molar-refractivity contribution in [2.45, 2.75) is 40.0 Å². The standard InChI is InChI=1S/C7H14F2/c1-4-5-7(2,3)6(8)9/h6H,4-5H2,1-3H3. The second-order valence-electron chi connectivity index (χ2n) is 3.04. The molecule has 56 valence electrons. The molecule has 0 spiro atoms. The lowest BCUT2D eigenvalue weighted by Gasteiger charge is -2.21. The second kappa shape index (κ2) is 3.14. The van der Waals surface area contributed by atoms with Gasteiger partial charge in [0.15, 0.2) is 0 Å². The van der Waals surface area contributed by atoms with Crippen LogP contribution in [0.3, 0.4) is 0 Å². The van der Waals surface area contributed by atoms with Gasteiger partial charge in [0.05, 0.1) is 0 Å². The third-order valence-electron chi connectivity index (χ3n) is 1.49. The van der Waals surface area contributed by atoms with Crippen LogP contribution in [0.25, 0.3) is 0 Å². The maximum atomic E-state index is 12.0. The zero-order chi connectivity index (χ0) is 7.49. The largest absolute Gasteiger partial charge is 0.243 e. The van der Waals surface area contributed by atoms with Crippen LogP contribution in [0.2, 0.25) is 0 Å². The second-order valence-corrected chi connectivity index (χ2v) is 3.04. The molecule has 0 saturated carbocycles. The highest BCUT2D eigenvalue weighted by Crippen LogP contribution is 2.29. The topological polar surface area (TPSA) is 0 Å². The van der Waals surface area contributed by atoms with Crippen LogP contribution in [0.15, 0.2) is 0 Å². The zero-order valence-electron chi connectivity index (χ0n) is 6.25. The minimum Gasteiger partial charge on any atom is -0.210 e. The van der Waals surface area contributed by atoms with Crippen molar-refractivity contribution in [2.75, 3.05) is 0 Å². The lowest BCUT2D eigenvalue weighted by molar-refractivity contribution is 0.0136. The minimum atomic E-state index is -2.18. The molecule has 0 aliphatic heterocycles. The van der Waals surface area contributed by atoms with Crippen molar-refractivity contribution in [2.24, 2.45) is 5.41 Å². The summed E-state index contributed by atoms with van der Waals surface area (Å²) >= 11 is 0. The third kappa shape index (κ3) is 2.78. The Bertz CT molecular complexity index is 77.0. The van der Waals surface area contributed by atoms with Crippen molar-refractivity contribution in [1.82, 2.24) is 0 Å². The molecule has 0 aliphatic rings. The smallest absolute Gasteiger partial charge is 0.210 e. The molecule has 0 fully saturated rings. The molecular weight excluding hydrogens is 122 g/mol. The first-order chi connectivity index (χ1) is 4.00. The zero-order valence-corrected chi connectivity index (χ0v) is 6.25. The number of rotatable bonds is 3. The Kier molecular flexibility index (Phi) is 3.09. The summed E-state index contributed by atoms with van der Waals surface area (Å²) in [5.74, 6) is 0. The first-order valence-corrected chi connectivity index (χ1v) is 3.29. The first kappa shape index (κ1) is 8.86. The fourth-order valence-electron chi connectivity index (χ4n) is 0.753. The Morgan fingerprint density at radius 3 is 1.89 bits per heavy atom. The molecule has 0 amide bonds. The van der Waals surface area contributed by atoms with Crippen LogP contribution in [-0.4, -0.2) is 6.43 Å². The molecule has 0 heterocycles. The molecule has 9 heavy (non-hydrogen) atoms. The van der Waals surface area contributed by atoms with Crippen molar-refractivity contribution in [3.05, 3.63) is 0 Å². The summed E-state index contributed by atoms with van der Waals surface area (Å²) in [6, 6.07) is 0. The van der Waals surface area contributed by atoms with Gasteiger partial charge in [-0.2, -0.15) is 0 Å². The maximum Gasteiger partial charge on any atom is 0.243 e. The monoisotopic (exact) mass is 136 g/mol. The molecule has 0 aliphatic carbocycles. The minimum absolute atomic E-state index is 0.602. The molecular formula is C7H14F2. The summed E-state index contributed by atoms with van der Waals surface area (Å²) in [6.45, 7) is 5.12. The van der Waals surface area contributed by atoms with Crippen molar-refractivity contribution in [3.8, 4) is 0 Å². The maximum absolute atomic E-state index is 12.0. The van der Waals surface area contributed by atoms with Gasteiger partial charge in [0.25, 0.3) is 0 Å². The van der Waals surface area contributed by atoms with Gasteiger partial charge in [-0.3, -0.25) is 0 Å². The highest BCUT2D eigenvalue weighted by molar-refractivity contribution is 4.69. The van der Waals surface area contributed by atoms with Gasteiger partial charge in [-0.1, -0.05) is 27.2 Å². The molecule has 2 heteroatoms. The molecule has 0 nitrogen and oxygen atoms in total. The average Bonchev–Trinajstić information content (AvgIpc) is 1.65. The number of halogens is 2. The summed E-state index contributed by atoms with van der Waals surface area (Å²) in [5, 5.41) is 0. The van der Waals surface area contributed by atoms with E-state index in [1.807, 2.05) is 6.92 Å². The van der Waals surface area contributed by atoms with Crippen LogP contribution < -0.4 is 0 Å². The van der Waals surface area contributed by atoms with Crippen LogP contribution in [0, 0.1) is 5.41 Å². The van der Waals surface area contributed by atoms with Crippen molar-refractivity contribution in [1.29, 1.82) is 0 Å². The van der Waals surface area contributed by atoms with Crippen LogP contribution >= 0.6 is 0 Å². The predicted octanol–water partition coefficient (Wildman–Crippen LogP) is 3.08. The number of hydrogen-bond donors (Lipinski definition) is 0. The molecule has 0 unspecified atom stereocenters. The van der Waals surface area contributed by atoms with Gasteiger partial charge in [-0.15, -0.1) is 0 Å². The van der Waals surface area contributed by atoms with Crippen LogP contribution in [0.5, 0.6) is 0 Å². The van der Waals surface area contributed by atoms with E-state index in [1.165, 1.54) is 0 Å². The van der Waals surface area contributed by atoms with Crippen molar-refractivity contribution < 1.29 is 8.78 Å². The van der Waals surface area contributed by atoms with Gasteiger partial charge < -0.3 is 0 Å². The Morgan fingerprint density at radius 1 is 1.33 bits per heavy atom. The molecule has 0 rings (SSSR count). The Labute approximate surface area is 55.3 Å². The highest BCUT2D eigenvalue weighted by atomic mass is 19.3. The summed E-state index contributed by atoms with van der Waals surface area (Å²) in [5.41, 5.74) is -0.783. The molecule has 0 atom stereocenters. The first-order valence-electron chi connectivity index (χ1n) is 3.29. The average molecular weight is 136 g/mol. The quantitative estimate of drug-likeness (QED) is 0.559. The normalized spacial score (nSPS) is 12.7. The van der Waals surface area contributed by atoms with Crippen molar-refractivity contribution >= 4 is 0 Å². The Hall–Kier alpha value is -0.140. The molecule has 0 aromatic heterocycles. The van der Waals surface area contributed by atoms with Gasteiger partial charge in [0.2, 0.25) is 6.43 Å². The van der Waals surface area contributed by atoms with E-state index in [-0.39, 0.29) is 0 Å². The third-order valence-corrected chi connectivity index (χ3v) is 1.49. The molecule has 0 saturated heterocycles.